The summed E-state index contributed by atoms with van der Waals surface area (Å²) in [6, 6.07) is 7.03. The molecule has 1 aromatic rings. The molecule has 21 heavy (non-hydrogen) atoms. The molecule has 0 heterocycles. The fraction of sp³-hybridized carbons (Fsp3) is 0.267. The van der Waals surface area contributed by atoms with E-state index in [1.807, 2.05) is 6.92 Å². The second kappa shape index (κ2) is 9.15. The molecule has 0 fully saturated rings. The summed E-state index contributed by atoms with van der Waals surface area (Å²) in [7, 11) is 0. The molecule has 0 aliphatic carbocycles. The molecular weight excluding hydrogens is 270 g/mol. The summed E-state index contributed by atoms with van der Waals surface area (Å²) < 4.78 is 11.0. The Kier molecular flexibility index (Phi) is 7.08. The number of hydrogen-bond donors (Lipinski definition) is 1. The van der Waals surface area contributed by atoms with E-state index in [1.54, 1.807) is 30.3 Å². The van der Waals surface area contributed by atoms with Gasteiger partial charge in [0.25, 0.3) is 5.91 Å². The summed E-state index contributed by atoms with van der Waals surface area (Å²) in [6.07, 6.45) is 2.89. The number of carbonyl (C=O) groups excluding carboxylic acids is 1. The summed E-state index contributed by atoms with van der Waals surface area (Å²) in [5.41, 5.74) is 2.99. The first-order valence-electron chi connectivity index (χ1n) is 6.40. The highest BCUT2D eigenvalue weighted by molar-refractivity contribution is 5.83. The molecule has 1 N–H and O–H groups in total. The summed E-state index contributed by atoms with van der Waals surface area (Å²) in [6.45, 7) is 6.36. The van der Waals surface area contributed by atoms with Gasteiger partial charge < -0.3 is 9.47 Å². The smallest absolute Gasteiger partial charge is 0.254 e. The monoisotopic (exact) mass is 287 g/mol. The molecule has 0 aromatic heterocycles. The fourth-order valence-electron chi connectivity index (χ4n) is 1.43. The molecular formula is C15H17N3O3. The molecule has 0 spiro atoms. The molecule has 0 atom stereocenters. The summed E-state index contributed by atoms with van der Waals surface area (Å²) in [4.78, 5) is 11.1. The third-order valence-corrected chi connectivity index (χ3v) is 2.27. The third kappa shape index (κ3) is 5.78. The summed E-state index contributed by atoms with van der Waals surface area (Å²) >= 11 is 0. The predicted octanol–water partition coefficient (Wildman–Crippen LogP) is 2.01. The molecule has 1 amide bonds. The third-order valence-electron chi connectivity index (χ3n) is 2.27. The van der Waals surface area contributed by atoms with Crippen molar-refractivity contribution in [2.75, 3.05) is 13.2 Å². The van der Waals surface area contributed by atoms with E-state index in [4.69, 9.17) is 14.7 Å². The minimum Gasteiger partial charge on any atom is -0.490 e. The van der Waals surface area contributed by atoms with E-state index in [1.165, 1.54) is 6.21 Å². The zero-order chi connectivity index (χ0) is 15.5. The van der Waals surface area contributed by atoms with Crippen LogP contribution in [0.3, 0.4) is 0 Å². The van der Waals surface area contributed by atoms with Crippen LogP contribution in [0.15, 0.2) is 36.0 Å². The number of nitriles is 1. The number of ether oxygens (including phenoxy) is 2. The second-order valence-electron chi connectivity index (χ2n) is 3.87. The van der Waals surface area contributed by atoms with Gasteiger partial charge in [-0.05, 0) is 30.7 Å². The van der Waals surface area contributed by atoms with Crippen molar-refractivity contribution < 1.29 is 14.3 Å². The Bertz CT molecular complexity index is 562. The van der Waals surface area contributed by atoms with Gasteiger partial charge in [-0.25, -0.2) is 5.43 Å². The van der Waals surface area contributed by atoms with E-state index in [0.717, 1.165) is 5.56 Å². The number of nitrogens with zero attached hydrogens (tertiary/aromatic N) is 2. The number of carbonyl (C=O) groups is 1. The van der Waals surface area contributed by atoms with Crippen LogP contribution in [-0.2, 0) is 4.79 Å². The highest BCUT2D eigenvalue weighted by Gasteiger charge is 2.05. The van der Waals surface area contributed by atoms with Crippen LogP contribution in [0.25, 0.3) is 0 Å². The van der Waals surface area contributed by atoms with E-state index < -0.39 is 5.91 Å². The fourth-order valence-corrected chi connectivity index (χ4v) is 1.43. The van der Waals surface area contributed by atoms with Crippen LogP contribution < -0.4 is 14.9 Å². The molecule has 110 valence electrons. The van der Waals surface area contributed by atoms with Gasteiger partial charge >= 0.3 is 0 Å². The van der Waals surface area contributed by atoms with Gasteiger partial charge in [-0.1, -0.05) is 12.7 Å². The lowest BCUT2D eigenvalue weighted by Crippen LogP contribution is -2.16. The van der Waals surface area contributed by atoms with E-state index in [9.17, 15) is 4.79 Å². The van der Waals surface area contributed by atoms with Crippen molar-refractivity contribution in [3.63, 3.8) is 0 Å². The van der Waals surface area contributed by atoms with Gasteiger partial charge in [-0.15, -0.1) is 0 Å². The highest BCUT2D eigenvalue weighted by atomic mass is 16.5. The van der Waals surface area contributed by atoms with Crippen molar-refractivity contribution in [3.05, 3.63) is 36.4 Å². The lowest BCUT2D eigenvalue weighted by Gasteiger charge is -2.11. The van der Waals surface area contributed by atoms with E-state index in [2.05, 4.69) is 17.1 Å². The largest absolute Gasteiger partial charge is 0.490 e. The zero-order valence-corrected chi connectivity index (χ0v) is 11.8. The normalized spacial score (nSPS) is 9.90. The maximum atomic E-state index is 11.1. The quantitative estimate of drug-likeness (QED) is 0.450. The zero-order valence-electron chi connectivity index (χ0n) is 11.8. The summed E-state index contributed by atoms with van der Waals surface area (Å²) in [5, 5.41) is 12.1. The van der Waals surface area contributed by atoms with Crippen molar-refractivity contribution in [2.45, 2.75) is 13.3 Å². The maximum absolute atomic E-state index is 11.1. The molecule has 0 aliphatic heterocycles. The van der Waals surface area contributed by atoms with Crippen LogP contribution >= 0.6 is 0 Å². The molecule has 1 rings (SSSR count). The van der Waals surface area contributed by atoms with Crippen molar-refractivity contribution >= 4 is 12.1 Å². The Morgan fingerprint density at radius 3 is 2.95 bits per heavy atom. The van der Waals surface area contributed by atoms with Crippen molar-refractivity contribution in [1.29, 1.82) is 5.26 Å². The Balaban J connectivity index is 2.77. The molecule has 0 saturated carbocycles. The highest BCUT2D eigenvalue weighted by Crippen LogP contribution is 2.28. The standard InChI is InChI=1S/C15H17N3O3/c1-3-9-21-13-6-5-12(10-14(13)20-4-2)11-17-18-15(19)7-8-16/h3,5-6,10-11H,1,4,7,9H2,2H3,(H,18,19)/b17-11-. The first kappa shape index (κ1) is 16.2. The first-order valence-corrected chi connectivity index (χ1v) is 6.40. The molecule has 6 heteroatoms. The van der Waals surface area contributed by atoms with Crippen molar-refractivity contribution in [3.8, 4) is 17.6 Å². The van der Waals surface area contributed by atoms with Gasteiger partial charge in [-0.2, -0.15) is 10.4 Å². The molecule has 0 radical (unpaired) electrons. The van der Waals surface area contributed by atoms with Gasteiger partial charge in [-0.3, -0.25) is 4.79 Å². The Morgan fingerprint density at radius 1 is 1.48 bits per heavy atom. The lowest BCUT2D eigenvalue weighted by atomic mass is 10.2. The average molecular weight is 287 g/mol. The topological polar surface area (TPSA) is 83.7 Å². The molecule has 0 saturated heterocycles. The van der Waals surface area contributed by atoms with E-state index >= 15 is 0 Å². The molecule has 6 nitrogen and oxygen atoms in total. The molecule has 0 unspecified atom stereocenters. The van der Waals surface area contributed by atoms with Gasteiger partial charge in [0, 0.05) is 0 Å². The maximum Gasteiger partial charge on any atom is 0.254 e. The molecule has 0 aliphatic rings. The number of hydrogen-bond acceptors (Lipinski definition) is 5. The van der Waals surface area contributed by atoms with Gasteiger partial charge in [0.1, 0.15) is 13.0 Å². The Morgan fingerprint density at radius 2 is 2.29 bits per heavy atom. The minimum absolute atomic E-state index is 0.226. The van der Waals surface area contributed by atoms with Crippen molar-refractivity contribution in [1.82, 2.24) is 5.43 Å². The number of hydrazone groups is 1. The van der Waals surface area contributed by atoms with Crippen LogP contribution in [0.1, 0.15) is 18.9 Å². The number of rotatable bonds is 8. The summed E-state index contributed by atoms with van der Waals surface area (Å²) in [5.74, 6) is 0.749. The van der Waals surface area contributed by atoms with Crippen LogP contribution in [-0.4, -0.2) is 25.3 Å². The number of benzene rings is 1. The average Bonchev–Trinajstić information content (AvgIpc) is 2.47. The lowest BCUT2D eigenvalue weighted by molar-refractivity contribution is -0.120. The van der Waals surface area contributed by atoms with Gasteiger partial charge in [0.2, 0.25) is 0 Å². The SMILES string of the molecule is C=CCOc1ccc(/C=N\NC(=O)CC#N)cc1OCC. The minimum atomic E-state index is -0.454. The Labute approximate surface area is 123 Å². The van der Waals surface area contributed by atoms with Crippen LogP contribution in [0.2, 0.25) is 0 Å². The van der Waals surface area contributed by atoms with Gasteiger partial charge in [0.15, 0.2) is 11.5 Å². The second-order valence-corrected chi connectivity index (χ2v) is 3.87. The van der Waals surface area contributed by atoms with Crippen LogP contribution in [0.5, 0.6) is 11.5 Å². The van der Waals surface area contributed by atoms with E-state index in [0.29, 0.717) is 24.7 Å². The van der Waals surface area contributed by atoms with Gasteiger partial charge in [0.05, 0.1) is 18.9 Å². The van der Waals surface area contributed by atoms with Crippen LogP contribution in [0, 0.1) is 11.3 Å². The number of amides is 1. The molecule has 0 bridgehead atoms. The molecule has 1 aromatic carbocycles. The first-order chi connectivity index (χ1) is 10.2. The van der Waals surface area contributed by atoms with Crippen molar-refractivity contribution in [2.24, 2.45) is 5.10 Å². The predicted molar refractivity (Wildman–Crippen MR) is 79.3 cm³/mol. The Hall–Kier alpha value is -2.81. The van der Waals surface area contributed by atoms with E-state index in [-0.39, 0.29) is 6.42 Å². The van der Waals surface area contributed by atoms with Crippen LogP contribution in [0.4, 0.5) is 0 Å². The number of nitrogens with one attached hydrogen (secondary N) is 1.